The van der Waals surface area contributed by atoms with Crippen LogP contribution in [-0.4, -0.2) is 4.37 Å². The maximum atomic E-state index is 12.9. The van der Waals surface area contributed by atoms with Crippen LogP contribution in [0.1, 0.15) is 11.1 Å². The Morgan fingerprint density at radius 3 is 2.31 bits per heavy atom. The maximum Gasteiger partial charge on any atom is 0.194 e. The van der Waals surface area contributed by atoms with E-state index in [0.717, 1.165) is 23.7 Å². The summed E-state index contributed by atoms with van der Waals surface area (Å²) in [5.74, 6) is -3.52. The van der Waals surface area contributed by atoms with Gasteiger partial charge >= 0.3 is 0 Å². The topological polar surface area (TPSA) is 38.9 Å². The zero-order valence-corrected chi connectivity index (χ0v) is 8.82. The Bertz CT molecular complexity index is 502. The molecule has 2 aromatic rings. The molecule has 0 aliphatic heterocycles. The molecule has 2 rings (SSSR count). The Hall–Kier alpha value is -1.56. The van der Waals surface area contributed by atoms with Gasteiger partial charge in [0.05, 0.1) is 0 Å². The van der Waals surface area contributed by atoms with E-state index in [0.29, 0.717) is 16.9 Å². The van der Waals surface area contributed by atoms with Crippen molar-refractivity contribution in [3.05, 3.63) is 46.1 Å². The Morgan fingerprint density at radius 2 is 1.81 bits per heavy atom. The predicted octanol–water partition coefficient (Wildman–Crippen LogP) is 2.73. The molecule has 1 aromatic heterocycles. The number of aromatic nitrogens is 1. The average molecular weight is 244 g/mol. The lowest BCUT2D eigenvalue weighted by Crippen LogP contribution is -1.97. The Morgan fingerprint density at radius 1 is 1.19 bits per heavy atom. The van der Waals surface area contributed by atoms with E-state index in [9.17, 15) is 13.2 Å². The third-order valence-electron chi connectivity index (χ3n) is 2.11. The first-order valence-electron chi connectivity index (χ1n) is 4.40. The van der Waals surface area contributed by atoms with Gasteiger partial charge in [0.15, 0.2) is 17.5 Å². The molecule has 2 N–H and O–H groups in total. The van der Waals surface area contributed by atoms with E-state index in [4.69, 9.17) is 5.73 Å². The van der Waals surface area contributed by atoms with Crippen LogP contribution < -0.4 is 5.73 Å². The molecule has 0 aliphatic rings. The largest absolute Gasteiger partial charge is 0.383 e. The molecular formula is C10H7F3N2S. The lowest BCUT2D eigenvalue weighted by atomic mass is 10.1. The van der Waals surface area contributed by atoms with Crippen LogP contribution in [0.4, 0.5) is 19.0 Å². The molecule has 0 saturated carbocycles. The quantitative estimate of drug-likeness (QED) is 0.825. The van der Waals surface area contributed by atoms with Gasteiger partial charge in [0, 0.05) is 17.4 Å². The minimum atomic E-state index is -1.46. The van der Waals surface area contributed by atoms with E-state index in [1.807, 2.05) is 0 Å². The smallest absolute Gasteiger partial charge is 0.194 e. The monoisotopic (exact) mass is 244 g/mol. The molecule has 16 heavy (non-hydrogen) atoms. The molecule has 0 fully saturated rings. The molecule has 6 heteroatoms. The zero-order valence-electron chi connectivity index (χ0n) is 8.01. The molecule has 0 atom stereocenters. The van der Waals surface area contributed by atoms with Crippen LogP contribution in [-0.2, 0) is 6.42 Å². The standard InChI is InChI=1S/C10H7F3N2S/c11-7-2-5(3-8(12)9(7)13)1-6-4-16-15-10(6)14/h2-4H,1H2,(H2,14,15). The summed E-state index contributed by atoms with van der Waals surface area (Å²) in [6, 6.07) is 1.91. The second kappa shape index (κ2) is 4.13. The van der Waals surface area contributed by atoms with Crippen molar-refractivity contribution in [2.75, 3.05) is 5.73 Å². The van der Waals surface area contributed by atoms with Gasteiger partial charge in [-0.1, -0.05) is 0 Å². The van der Waals surface area contributed by atoms with Crippen LogP contribution in [0.15, 0.2) is 17.5 Å². The highest BCUT2D eigenvalue weighted by Crippen LogP contribution is 2.20. The minimum Gasteiger partial charge on any atom is -0.383 e. The van der Waals surface area contributed by atoms with Gasteiger partial charge in [0.25, 0.3) is 0 Å². The fourth-order valence-electron chi connectivity index (χ4n) is 1.33. The molecule has 84 valence electrons. The van der Waals surface area contributed by atoms with Gasteiger partial charge in [0.1, 0.15) is 5.82 Å². The first kappa shape index (κ1) is 10.9. The fraction of sp³-hybridized carbons (Fsp3) is 0.100. The number of nitrogens with zero attached hydrogens (tertiary/aromatic N) is 1. The number of benzene rings is 1. The molecule has 0 spiro atoms. The van der Waals surface area contributed by atoms with Crippen molar-refractivity contribution in [3.63, 3.8) is 0 Å². The second-order valence-corrected chi connectivity index (χ2v) is 3.90. The van der Waals surface area contributed by atoms with Crippen molar-refractivity contribution in [1.29, 1.82) is 0 Å². The molecule has 0 unspecified atom stereocenters. The lowest BCUT2D eigenvalue weighted by molar-refractivity contribution is 0.445. The number of hydrogen-bond donors (Lipinski definition) is 1. The van der Waals surface area contributed by atoms with Gasteiger partial charge in [-0.05, 0) is 29.2 Å². The van der Waals surface area contributed by atoms with Crippen LogP contribution in [0.5, 0.6) is 0 Å². The van der Waals surface area contributed by atoms with Crippen molar-refractivity contribution in [3.8, 4) is 0 Å². The lowest BCUT2D eigenvalue weighted by Gasteiger charge is -2.02. The van der Waals surface area contributed by atoms with Gasteiger partial charge in [-0.25, -0.2) is 13.2 Å². The summed E-state index contributed by atoms with van der Waals surface area (Å²) in [6.07, 6.45) is 0.233. The van der Waals surface area contributed by atoms with Crippen LogP contribution >= 0.6 is 11.5 Å². The van der Waals surface area contributed by atoms with Gasteiger partial charge in [0.2, 0.25) is 0 Å². The molecule has 0 radical (unpaired) electrons. The number of rotatable bonds is 2. The molecule has 1 heterocycles. The van der Waals surface area contributed by atoms with Crippen molar-refractivity contribution >= 4 is 17.4 Å². The highest BCUT2D eigenvalue weighted by molar-refractivity contribution is 7.04. The van der Waals surface area contributed by atoms with Gasteiger partial charge in [-0.3, -0.25) is 0 Å². The number of anilines is 1. The summed E-state index contributed by atoms with van der Waals surface area (Å²) in [5, 5.41) is 1.69. The number of nitrogen functional groups attached to an aromatic ring is 1. The summed E-state index contributed by atoms with van der Waals surface area (Å²) in [4.78, 5) is 0. The van der Waals surface area contributed by atoms with E-state index >= 15 is 0 Å². The maximum absolute atomic E-state index is 12.9. The van der Waals surface area contributed by atoms with Crippen molar-refractivity contribution in [1.82, 2.24) is 4.37 Å². The van der Waals surface area contributed by atoms with Gasteiger partial charge in [-0.15, -0.1) is 0 Å². The van der Waals surface area contributed by atoms with Crippen LogP contribution in [0.25, 0.3) is 0 Å². The average Bonchev–Trinajstić information content (AvgIpc) is 2.61. The van der Waals surface area contributed by atoms with Crippen molar-refractivity contribution < 1.29 is 13.2 Å². The Labute approximate surface area is 93.7 Å². The summed E-state index contributed by atoms with van der Waals surface area (Å²) in [7, 11) is 0. The second-order valence-electron chi connectivity index (χ2n) is 3.28. The minimum absolute atomic E-state index is 0.233. The van der Waals surface area contributed by atoms with Crippen LogP contribution in [0, 0.1) is 17.5 Å². The third-order valence-corrected chi connectivity index (χ3v) is 2.81. The van der Waals surface area contributed by atoms with Crippen LogP contribution in [0.2, 0.25) is 0 Å². The molecule has 0 saturated heterocycles. The Kier molecular flexibility index (Phi) is 2.82. The molecular weight excluding hydrogens is 237 g/mol. The number of nitrogens with two attached hydrogens (primary N) is 1. The molecule has 2 nitrogen and oxygen atoms in total. The summed E-state index contributed by atoms with van der Waals surface area (Å²) in [6.45, 7) is 0. The van der Waals surface area contributed by atoms with E-state index in [-0.39, 0.29) is 6.42 Å². The van der Waals surface area contributed by atoms with Gasteiger partial charge in [-0.2, -0.15) is 4.37 Å². The van der Waals surface area contributed by atoms with Crippen molar-refractivity contribution in [2.45, 2.75) is 6.42 Å². The summed E-state index contributed by atoms with van der Waals surface area (Å²) < 4.78 is 42.3. The van der Waals surface area contributed by atoms with E-state index < -0.39 is 17.5 Å². The third kappa shape index (κ3) is 2.01. The first-order chi connectivity index (χ1) is 7.58. The summed E-state index contributed by atoms with van der Waals surface area (Å²) >= 11 is 1.16. The van der Waals surface area contributed by atoms with Crippen LogP contribution in [0.3, 0.4) is 0 Å². The molecule has 0 amide bonds. The zero-order chi connectivity index (χ0) is 11.7. The summed E-state index contributed by atoms with van der Waals surface area (Å²) in [5.41, 5.74) is 6.53. The first-order valence-corrected chi connectivity index (χ1v) is 5.23. The van der Waals surface area contributed by atoms with E-state index in [2.05, 4.69) is 4.37 Å². The predicted molar refractivity (Wildman–Crippen MR) is 55.6 cm³/mol. The highest BCUT2D eigenvalue weighted by atomic mass is 32.1. The number of halogens is 3. The van der Waals surface area contributed by atoms with Gasteiger partial charge < -0.3 is 5.73 Å². The van der Waals surface area contributed by atoms with Crippen molar-refractivity contribution in [2.24, 2.45) is 0 Å². The highest BCUT2D eigenvalue weighted by Gasteiger charge is 2.12. The molecule has 1 aromatic carbocycles. The number of hydrogen-bond acceptors (Lipinski definition) is 3. The normalized spacial score (nSPS) is 10.7. The SMILES string of the molecule is Nc1nscc1Cc1cc(F)c(F)c(F)c1. The fourth-order valence-corrected chi connectivity index (χ4v) is 1.94. The molecule has 0 bridgehead atoms. The molecule has 0 aliphatic carbocycles. The van der Waals surface area contributed by atoms with E-state index in [1.54, 1.807) is 5.38 Å². The Balaban J connectivity index is 2.33. The van der Waals surface area contributed by atoms with E-state index in [1.165, 1.54) is 0 Å².